The van der Waals surface area contributed by atoms with E-state index in [0.29, 0.717) is 0 Å². The summed E-state index contributed by atoms with van der Waals surface area (Å²) >= 11 is 0. The van der Waals surface area contributed by atoms with Gasteiger partial charge in [0, 0.05) is 19.3 Å². The Morgan fingerprint density at radius 2 is 1.20 bits per heavy atom. The molecule has 0 aromatic rings. The molecule has 0 aromatic heterocycles. The lowest BCUT2D eigenvalue weighted by atomic mass is 10.5. The maximum atomic E-state index is 11.8. The SMILES string of the molecule is C=C[Si](C(=O)CC)(C(=O)CC)C(=O)CC. The Labute approximate surface area is 91.6 Å². The number of carbonyl (C=O) groups is 3. The van der Waals surface area contributed by atoms with Crippen LogP contribution < -0.4 is 0 Å². The minimum atomic E-state index is -3.23. The fourth-order valence-corrected chi connectivity index (χ4v) is 4.93. The Morgan fingerprint density at radius 3 is 1.33 bits per heavy atom. The smallest absolute Gasteiger partial charge is 0.300 e. The third kappa shape index (κ3) is 2.31. The van der Waals surface area contributed by atoms with Crippen LogP contribution in [0.3, 0.4) is 0 Å². The second-order valence-corrected chi connectivity index (χ2v) is 7.04. The summed E-state index contributed by atoms with van der Waals surface area (Å²) in [5.74, 6) is 0. The summed E-state index contributed by atoms with van der Waals surface area (Å²) in [7, 11) is -3.23. The monoisotopic (exact) mass is 226 g/mol. The first-order valence-electron chi connectivity index (χ1n) is 5.24. The zero-order chi connectivity index (χ0) is 12.1. The Morgan fingerprint density at radius 1 is 0.933 bits per heavy atom. The van der Waals surface area contributed by atoms with Crippen LogP contribution in [-0.4, -0.2) is 24.3 Å². The van der Waals surface area contributed by atoms with Gasteiger partial charge in [0.15, 0.2) is 0 Å². The van der Waals surface area contributed by atoms with Crippen molar-refractivity contribution in [2.75, 3.05) is 0 Å². The molecular weight excluding hydrogens is 208 g/mol. The predicted molar refractivity (Wildman–Crippen MR) is 61.8 cm³/mol. The normalized spacial score (nSPS) is 10.9. The molecule has 0 bridgehead atoms. The minimum absolute atomic E-state index is 0.212. The van der Waals surface area contributed by atoms with Crippen LogP contribution in [0.1, 0.15) is 40.0 Å². The molecule has 4 heteroatoms. The van der Waals surface area contributed by atoms with Crippen molar-refractivity contribution in [1.29, 1.82) is 0 Å². The van der Waals surface area contributed by atoms with Crippen LogP contribution in [0.25, 0.3) is 0 Å². The molecule has 0 aliphatic rings. The number of hydrogen-bond donors (Lipinski definition) is 0. The van der Waals surface area contributed by atoms with E-state index in [4.69, 9.17) is 0 Å². The zero-order valence-electron chi connectivity index (χ0n) is 9.63. The molecule has 0 unspecified atom stereocenters. The highest BCUT2D eigenvalue weighted by Crippen LogP contribution is 2.15. The van der Waals surface area contributed by atoms with E-state index in [9.17, 15) is 14.4 Å². The van der Waals surface area contributed by atoms with E-state index in [1.807, 2.05) is 0 Å². The van der Waals surface area contributed by atoms with E-state index in [-0.39, 0.29) is 35.5 Å². The Kier molecular flexibility index (Phi) is 5.36. The minimum Gasteiger partial charge on any atom is -0.304 e. The maximum Gasteiger partial charge on any atom is 0.300 e. The van der Waals surface area contributed by atoms with Gasteiger partial charge in [-0.3, -0.25) is 0 Å². The second-order valence-electron chi connectivity index (χ2n) is 3.34. The molecule has 0 atom stereocenters. The average molecular weight is 226 g/mol. The summed E-state index contributed by atoms with van der Waals surface area (Å²) < 4.78 is 0. The van der Waals surface area contributed by atoms with Crippen LogP contribution in [0.15, 0.2) is 12.3 Å². The lowest BCUT2D eigenvalue weighted by molar-refractivity contribution is -0.119. The van der Waals surface area contributed by atoms with Crippen molar-refractivity contribution in [2.45, 2.75) is 40.0 Å². The molecule has 0 heterocycles. The Hall–Kier alpha value is -1.03. The van der Waals surface area contributed by atoms with E-state index >= 15 is 0 Å². The third-order valence-electron chi connectivity index (χ3n) is 2.59. The highest BCUT2D eigenvalue weighted by atomic mass is 28.3. The molecule has 0 aliphatic carbocycles. The van der Waals surface area contributed by atoms with Gasteiger partial charge < -0.3 is 14.4 Å². The maximum absolute atomic E-state index is 11.8. The quantitative estimate of drug-likeness (QED) is 0.621. The first-order chi connectivity index (χ1) is 7.00. The van der Waals surface area contributed by atoms with Gasteiger partial charge in [-0.15, -0.1) is 6.58 Å². The van der Waals surface area contributed by atoms with Crippen molar-refractivity contribution < 1.29 is 14.4 Å². The highest BCUT2D eigenvalue weighted by molar-refractivity contribution is 7.43. The molecule has 0 rings (SSSR count). The summed E-state index contributed by atoms with van der Waals surface area (Å²) in [6, 6.07) is 0. The van der Waals surface area contributed by atoms with Crippen molar-refractivity contribution >= 4 is 24.3 Å². The lowest BCUT2D eigenvalue weighted by Gasteiger charge is -2.21. The van der Waals surface area contributed by atoms with Gasteiger partial charge >= 0.3 is 8.07 Å². The van der Waals surface area contributed by atoms with E-state index in [1.165, 1.54) is 5.70 Å². The molecule has 0 amide bonds. The predicted octanol–water partition coefficient (Wildman–Crippen LogP) is 1.72. The first kappa shape index (κ1) is 14.0. The summed E-state index contributed by atoms with van der Waals surface area (Å²) in [4.78, 5) is 35.4. The van der Waals surface area contributed by atoms with Crippen molar-refractivity contribution in [2.24, 2.45) is 0 Å². The molecule has 0 aliphatic heterocycles. The standard InChI is InChI=1S/C11H18O3Si/c1-5-9(12)15(8-4,10(13)6-2)11(14)7-3/h8H,4-7H2,1-3H3. The molecule has 0 saturated heterocycles. The van der Waals surface area contributed by atoms with Gasteiger partial charge in [0.05, 0.1) is 0 Å². The fourth-order valence-electron chi connectivity index (χ4n) is 1.64. The molecule has 84 valence electrons. The molecule has 0 radical (unpaired) electrons. The Bertz CT molecular complexity index is 253. The van der Waals surface area contributed by atoms with Crippen LogP contribution in [0, 0.1) is 0 Å². The number of carbonyl (C=O) groups excluding carboxylic acids is 3. The van der Waals surface area contributed by atoms with E-state index < -0.39 is 8.07 Å². The van der Waals surface area contributed by atoms with Crippen LogP contribution in [0.4, 0.5) is 0 Å². The lowest BCUT2D eigenvalue weighted by Crippen LogP contribution is -2.57. The summed E-state index contributed by atoms with van der Waals surface area (Å²) in [6.45, 7) is 8.58. The molecule has 0 fully saturated rings. The number of rotatable bonds is 7. The van der Waals surface area contributed by atoms with Gasteiger partial charge in [-0.1, -0.05) is 26.5 Å². The highest BCUT2D eigenvalue weighted by Gasteiger charge is 2.49. The molecule has 0 saturated carbocycles. The van der Waals surface area contributed by atoms with Crippen LogP contribution >= 0.6 is 0 Å². The molecule has 0 aromatic carbocycles. The molecular formula is C11H18O3Si. The molecule has 15 heavy (non-hydrogen) atoms. The van der Waals surface area contributed by atoms with E-state index in [1.54, 1.807) is 20.8 Å². The third-order valence-corrected chi connectivity index (χ3v) is 6.90. The summed E-state index contributed by atoms with van der Waals surface area (Å²) in [5, 5.41) is -0.636. The van der Waals surface area contributed by atoms with Gasteiger partial charge in [0.25, 0.3) is 0 Å². The van der Waals surface area contributed by atoms with Gasteiger partial charge in [-0.25, -0.2) is 0 Å². The zero-order valence-corrected chi connectivity index (χ0v) is 10.6. The van der Waals surface area contributed by atoms with Crippen molar-refractivity contribution in [3.8, 4) is 0 Å². The molecule has 0 N–H and O–H groups in total. The molecule has 0 spiro atoms. The van der Waals surface area contributed by atoms with Gasteiger partial charge in [-0.2, -0.15) is 0 Å². The molecule has 3 nitrogen and oxygen atoms in total. The van der Waals surface area contributed by atoms with Crippen LogP contribution in [0.5, 0.6) is 0 Å². The van der Waals surface area contributed by atoms with Crippen molar-refractivity contribution in [3.05, 3.63) is 12.3 Å². The largest absolute Gasteiger partial charge is 0.304 e. The average Bonchev–Trinajstić information content (AvgIpc) is 2.29. The van der Waals surface area contributed by atoms with Gasteiger partial charge in [-0.05, 0) is 0 Å². The topological polar surface area (TPSA) is 51.2 Å². The van der Waals surface area contributed by atoms with Crippen LogP contribution in [-0.2, 0) is 14.4 Å². The van der Waals surface area contributed by atoms with E-state index in [0.717, 1.165) is 0 Å². The Balaban J connectivity index is 5.49. The fraction of sp³-hybridized carbons (Fsp3) is 0.545. The summed E-state index contributed by atoms with van der Waals surface area (Å²) in [6.07, 6.45) is 0.696. The van der Waals surface area contributed by atoms with E-state index in [2.05, 4.69) is 6.58 Å². The van der Waals surface area contributed by atoms with Crippen molar-refractivity contribution in [1.82, 2.24) is 0 Å². The first-order valence-corrected chi connectivity index (χ1v) is 7.32. The van der Waals surface area contributed by atoms with Gasteiger partial charge in [0.2, 0.25) is 0 Å². The van der Waals surface area contributed by atoms with Crippen LogP contribution in [0.2, 0.25) is 0 Å². The number of hydrogen-bond acceptors (Lipinski definition) is 3. The second kappa shape index (κ2) is 5.75. The summed E-state index contributed by atoms with van der Waals surface area (Å²) in [5.41, 5.74) is 1.34. The van der Waals surface area contributed by atoms with Crippen molar-refractivity contribution in [3.63, 3.8) is 0 Å². The van der Waals surface area contributed by atoms with Gasteiger partial charge in [0.1, 0.15) is 16.2 Å².